The van der Waals surface area contributed by atoms with Gasteiger partial charge >= 0.3 is 0 Å². The van der Waals surface area contributed by atoms with Gasteiger partial charge < -0.3 is 14.6 Å². The highest BCUT2D eigenvalue weighted by molar-refractivity contribution is 7.99. The smallest absolute Gasteiger partial charge is 0.236 e. The second kappa shape index (κ2) is 11.7. The molecule has 4 aromatic rings. The third kappa shape index (κ3) is 6.50. The van der Waals surface area contributed by atoms with Crippen molar-refractivity contribution in [3.05, 3.63) is 71.1 Å². The maximum Gasteiger partial charge on any atom is 0.236 e. The van der Waals surface area contributed by atoms with Gasteiger partial charge in [0.05, 0.1) is 11.4 Å². The number of carbonyl (C=O) groups is 1. The molecule has 4 rings (SSSR count). The lowest BCUT2D eigenvalue weighted by Crippen LogP contribution is -2.17. The average Bonchev–Trinajstić information content (AvgIpc) is 3.46. The lowest BCUT2D eigenvalue weighted by atomic mass is 10.1. The number of halogens is 1. The second-order valence-electron chi connectivity index (χ2n) is 8.78. The SMILES string of the molecule is Cc1ccc(-c2csc(NC(=O)CSc3nnc(C(C)Oc4ccccc4F)n3CC(C)C)n2)cc1. The van der Waals surface area contributed by atoms with Crippen LogP contribution in [0.15, 0.2) is 59.1 Å². The van der Waals surface area contributed by atoms with Crippen LogP contribution in [0.1, 0.15) is 38.3 Å². The third-order valence-corrected chi connectivity index (χ3v) is 6.95. The van der Waals surface area contributed by atoms with Crippen LogP contribution in [0.2, 0.25) is 0 Å². The standard InChI is InChI=1S/C26H28FN5O2S2/c1-16(2)13-32-24(18(4)34-22-8-6-5-7-20(22)27)30-31-26(32)36-15-23(33)29-25-28-21(14-35-25)19-11-9-17(3)10-12-19/h5-12,14,16,18H,13,15H2,1-4H3,(H,28,29,33). The molecule has 36 heavy (non-hydrogen) atoms. The summed E-state index contributed by atoms with van der Waals surface area (Å²) >= 11 is 2.68. The summed E-state index contributed by atoms with van der Waals surface area (Å²) in [6.07, 6.45) is -0.521. The maximum absolute atomic E-state index is 14.1. The number of carbonyl (C=O) groups excluding carboxylic acids is 1. The molecular weight excluding hydrogens is 497 g/mol. The van der Waals surface area contributed by atoms with E-state index in [1.807, 2.05) is 48.1 Å². The lowest BCUT2D eigenvalue weighted by molar-refractivity contribution is -0.113. The number of benzene rings is 2. The minimum absolute atomic E-state index is 0.151. The van der Waals surface area contributed by atoms with Crippen molar-refractivity contribution in [1.82, 2.24) is 19.7 Å². The zero-order valence-corrected chi connectivity index (χ0v) is 22.2. The molecular formula is C26H28FN5O2S2. The van der Waals surface area contributed by atoms with E-state index in [9.17, 15) is 9.18 Å². The molecule has 188 valence electrons. The van der Waals surface area contributed by atoms with Crippen molar-refractivity contribution < 1.29 is 13.9 Å². The summed E-state index contributed by atoms with van der Waals surface area (Å²) in [4.78, 5) is 17.2. The fourth-order valence-electron chi connectivity index (χ4n) is 3.50. The van der Waals surface area contributed by atoms with Gasteiger partial charge in [-0.25, -0.2) is 9.37 Å². The Bertz CT molecular complexity index is 1320. The molecule has 2 aromatic heterocycles. The number of thiazole rings is 1. The summed E-state index contributed by atoms with van der Waals surface area (Å²) in [5, 5.41) is 14.5. The molecule has 10 heteroatoms. The van der Waals surface area contributed by atoms with Crippen LogP contribution in [0.5, 0.6) is 5.75 Å². The number of thioether (sulfide) groups is 1. The minimum atomic E-state index is -0.521. The molecule has 7 nitrogen and oxygen atoms in total. The fourth-order valence-corrected chi connectivity index (χ4v) is 4.99. The van der Waals surface area contributed by atoms with Crippen LogP contribution in [0, 0.1) is 18.7 Å². The first-order valence-electron chi connectivity index (χ1n) is 11.6. The Hall–Kier alpha value is -3.24. The highest BCUT2D eigenvalue weighted by atomic mass is 32.2. The van der Waals surface area contributed by atoms with E-state index in [-0.39, 0.29) is 17.4 Å². The maximum atomic E-state index is 14.1. The Morgan fingerprint density at radius 3 is 2.61 bits per heavy atom. The van der Waals surface area contributed by atoms with Crippen LogP contribution in [-0.4, -0.2) is 31.4 Å². The van der Waals surface area contributed by atoms with Crippen molar-refractivity contribution in [2.24, 2.45) is 5.92 Å². The number of rotatable bonds is 10. The molecule has 1 amide bonds. The Morgan fingerprint density at radius 2 is 1.89 bits per heavy atom. The molecule has 0 spiro atoms. The molecule has 1 atom stereocenters. The summed E-state index contributed by atoms with van der Waals surface area (Å²) in [6, 6.07) is 14.4. The van der Waals surface area contributed by atoms with E-state index in [2.05, 4.69) is 34.3 Å². The molecule has 1 unspecified atom stereocenters. The number of aryl methyl sites for hydroxylation is 1. The van der Waals surface area contributed by atoms with E-state index in [4.69, 9.17) is 4.74 Å². The molecule has 0 aliphatic rings. The number of amides is 1. The first-order valence-corrected chi connectivity index (χ1v) is 13.5. The Labute approximate surface area is 218 Å². The van der Waals surface area contributed by atoms with Crippen LogP contribution in [-0.2, 0) is 11.3 Å². The first-order chi connectivity index (χ1) is 17.3. The van der Waals surface area contributed by atoms with E-state index in [0.717, 1.165) is 11.3 Å². The number of aromatic nitrogens is 4. The Balaban J connectivity index is 1.41. The Kier molecular flexibility index (Phi) is 8.37. The molecule has 0 aliphatic carbocycles. The molecule has 0 bridgehead atoms. The number of para-hydroxylation sites is 1. The predicted octanol–water partition coefficient (Wildman–Crippen LogP) is 6.38. The molecule has 0 fully saturated rings. The second-order valence-corrected chi connectivity index (χ2v) is 10.6. The molecule has 1 N–H and O–H groups in total. The van der Waals surface area contributed by atoms with Gasteiger partial charge in [-0.3, -0.25) is 4.79 Å². The van der Waals surface area contributed by atoms with Gasteiger partial charge in [-0.2, -0.15) is 0 Å². The van der Waals surface area contributed by atoms with Gasteiger partial charge in [0, 0.05) is 17.5 Å². The predicted molar refractivity (Wildman–Crippen MR) is 142 cm³/mol. The average molecular weight is 526 g/mol. The van der Waals surface area contributed by atoms with Crippen molar-refractivity contribution in [3.8, 4) is 17.0 Å². The van der Waals surface area contributed by atoms with E-state index in [1.165, 1.54) is 34.7 Å². The number of ether oxygens (including phenoxy) is 1. The normalized spacial score (nSPS) is 12.1. The molecule has 2 aromatic carbocycles. The van der Waals surface area contributed by atoms with E-state index in [1.54, 1.807) is 18.2 Å². The summed E-state index contributed by atoms with van der Waals surface area (Å²) in [6.45, 7) is 8.66. The molecule has 0 aliphatic heterocycles. The molecule has 0 saturated carbocycles. The summed E-state index contributed by atoms with van der Waals surface area (Å²) in [5.41, 5.74) is 3.02. The molecule has 2 heterocycles. The fraction of sp³-hybridized carbons (Fsp3) is 0.308. The van der Waals surface area contributed by atoms with Gasteiger partial charge in [-0.15, -0.1) is 21.5 Å². The number of nitrogens with one attached hydrogen (secondary N) is 1. The van der Waals surface area contributed by atoms with Crippen LogP contribution in [0.4, 0.5) is 9.52 Å². The number of hydrogen-bond donors (Lipinski definition) is 1. The van der Waals surface area contributed by atoms with Crippen molar-refractivity contribution >= 4 is 34.1 Å². The molecule has 0 radical (unpaired) electrons. The number of hydrogen-bond acceptors (Lipinski definition) is 7. The zero-order chi connectivity index (χ0) is 25.7. The third-order valence-electron chi connectivity index (χ3n) is 5.23. The number of nitrogens with zero attached hydrogens (tertiary/aromatic N) is 4. The van der Waals surface area contributed by atoms with E-state index >= 15 is 0 Å². The summed E-state index contributed by atoms with van der Waals surface area (Å²) < 4.78 is 21.8. The largest absolute Gasteiger partial charge is 0.480 e. The first kappa shape index (κ1) is 25.8. The molecule has 0 saturated heterocycles. The van der Waals surface area contributed by atoms with Gasteiger partial charge in [0.15, 0.2) is 33.8 Å². The Morgan fingerprint density at radius 1 is 1.14 bits per heavy atom. The van der Waals surface area contributed by atoms with Gasteiger partial charge in [-0.1, -0.05) is 67.6 Å². The van der Waals surface area contributed by atoms with Gasteiger partial charge in [0.1, 0.15) is 0 Å². The van der Waals surface area contributed by atoms with Crippen LogP contribution in [0.25, 0.3) is 11.3 Å². The van der Waals surface area contributed by atoms with E-state index < -0.39 is 11.9 Å². The van der Waals surface area contributed by atoms with Crippen molar-refractivity contribution in [2.75, 3.05) is 11.1 Å². The van der Waals surface area contributed by atoms with Crippen LogP contribution >= 0.6 is 23.1 Å². The van der Waals surface area contributed by atoms with Gasteiger partial charge in [0.25, 0.3) is 0 Å². The van der Waals surface area contributed by atoms with Crippen molar-refractivity contribution in [1.29, 1.82) is 0 Å². The quantitative estimate of drug-likeness (QED) is 0.242. The van der Waals surface area contributed by atoms with Crippen molar-refractivity contribution in [3.63, 3.8) is 0 Å². The van der Waals surface area contributed by atoms with Crippen molar-refractivity contribution in [2.45, 2.75) is 45.5 Å². The lowest BCUT2D eigenvalue weighted by Gasteiger charge is -2.18. The van der Waals surface area contributed by atoms with Gasteiger partial charge in [-0.05, 0) is 31.9 Å². The topological polar surface area (TPSA) is 81.9 Å². The van der Waals surface area contributed by atoms with E-state index in [0.29, 0.717) is 28.6 Å². The van der Waals surface area contributed by atoms with Crippen LogP contribution in [0.3, 0.4) is 0 Å². The van der Waals surface area contributed by atoms with Gasteiger partial charge in [0.2, 0.25) is 5.91 Å². The highest BCUT2D eigenvalue weighted by Gasteiger charge is 2.22. The zero-order valence-electron chi connectivity index (χ0n) is 20.6. The monoisotopic (exact) mass is 525 g/mol. The van der Waals surface area contributed by atoms with Crippen LogP contribution < -0.4 is 10.1 Å². The number of anilines is 1. The minimum Gasteiger partial charge on any atom is -0.480 e. The summed E-state index contributed by atoms with van der Waals surface area (Å²) in [5.74, 6) is 0.588. The summed E-state index contributed by atoms with van der Waals surface area (Å²) in [7, 11) is 0. The highest BCUT2D eigenvalue weighted by Crippen LogP contribution is 2.28.